The number of nitrogens with zero attached hydrogens (tertiary/aromatic N) is 2. The normalized spacial score (nSPS) is 16.0. The monoisotopic (exact) mass is 580 g/mol. The molecule has 9 heteroatoms. The van der Waals surface area contributed by atoms with E-state index >= 15 is 0 Å². The predicted molar refractivity (Wildman–Crippen MR) is 140 cm³/mol. The molecule has 1 fully saturated rings. The van der Waals surface area contributed by atoms with E-state index in [0.717, 1.165) is 15.6 Å². The maximum atomic E-state index is 13.0. The second kappa shape index (κ2) is 11.6. The second-order valence-electron chi connectivity index (χ2n) is 7.02. The van der Waals surface area contributed by atoms with Crippen molar-refractivity contribution in [2.24, 2.45) is 4.99 Å². The fourth-order valence-corrected chi connectivity index (χ4v) is 4.96. The Morgan fingerprint density at radius 3 is 2.67 bits per heavy atom. The molecule has 1 amide bonds. The van der Waals surface area contributed by atoms with Gasteiger partial charge in [-0.15, -0.1) is 0 Å². The first-order valence-corrected chi connectivity index (χ1v) is 12.5. The van der Waals surface area contributed by atoms with Gasteiger partial charge in [0, 0.05) is 6.54 Å². The number of carboxylic acid groups (broad SMARTS) is 1. The van der Waals surface area contributed by atoms with Crippen molar-refractivity contribution >= 4 is 63.2 Å². The van der Waals surface area contributed by atoms with Crippen LogP contribution in [0.2, 0.25) is 0 Å². The molecule has 7 nitrogen and oxygen atoms in total. The number of carbonyl (C=O) groups is 2. The van der Waals surface area contributed by atoms with Crippen LogP contribution in [-0.4, -0.2) is 46.8 Å². The molecule has 0 bridgehead atoms. The number of aliphatic imine (C=N–C) groups is 1. The number of thioether (sulfide) groups is 1. The van der Waals surface area contributed by atoms with E-state index < -0.39 is 5.97 Å². The van der Waals surface area contributed by atoms with Gasteiger partial charge in [0.25, 0.3) is 5.91 Å². The molecular formula is C24H25IN2O5S. The number of amidine groups is 1. The molecule has 0 spiro atoms. The van der Waals surface area contributed by atoms with Gasteiger partial charge in [-0.25, -0.2) is 9.79 Å². The summed E-state index contributed by atoms with van der Waals surface area (Å²) in [6, 6.07) is 10.2. The molecular weight excluding hydrogens is 555 g/mol. The van der Waals surface area contributed by atoms with Crippen LogP contribution >= 0.6 is 34.4 Å². The molecule has 33 heavy (non-hydrogen) atoms. The molecule has 0 aromatic heterocycles. The lowest BCUT2D eigenvalue weighted by Gasteiger charge is -2.14. The summed E-state index contributed by atoms with van der Waals surface area (Å²) in [5.74, 6) is 0.190. The number of benzene rings is 2. The van der Waals surface area contributed by atoms with E-state index in [1.54, 1.807) is 17.0 Å². The van der Waals surface area contributed by atoms with Crippen LogP contribution in [0, 0.1) is 3.57 Å². The summed E-state index contributed by atoms with van der Waals surface area (Å²) in [5.41, 5.74) is 1.46. The largest absolute Gasteiger partial charge is 0.490 e. The van der Waals surface area contributed by atoms with Crippen molar-refractivity contribution in [2.45, 2.75) is 27.2 Å². The lowest BCUT2D eigenvalue weighted by Crippen LogP contribution is -2.28. The predicted octanol–water partition coefficient (Wildman–Crippen LogP) is 5.80. The number of hydrogen-bond acceptors (Lipinski definition) is 6. The summed E-state index contributed by atoms with van der Waals surface area (Å²) in [6.07, 6.45) is 2.71. The molecule has 0 radical (unpaired) electrons. The number of rotatable bonds is 9. The van der Waals surface area contributed by atoms with Gasteiger partial charge in [0.2, 0.25) is 0 Å². The third-order valence-corrected chi connectivity index (χ3v) is 6.41. The van der Waals surface area contributed by atoms with E-state index in [-0.39, 0.29) is 11.5 Å². The first-order chi connectivity index (χ1) is 15.9. The Labute approximate surface area is 211 Å². The van der Waals surface area contributed by atoms with E-state index in [1.807, 2.05) is 39.0 Å². The number of likely N-dealkylation sites (N-methyl/N-ethyl adjacent to an activating group) is 1. The quantitative estimate of drug-likeness (QED) is 0.298. The first kappa shape index (κ1) is 25.1. The SMILES string of the molecule is CCCOc1c(I)cc(/C=C2/SC(=Nc3cccc(C(=O)O)c3)N(CC)C2=O)cc1OCC. The van der Waals surface area contributed by atoms with Crippen molar-refractivity contribution in [3.05, 3.63) is 56.0 Å². The van der Waals surface area contributed by atoms with Gasteiger partial charge < -0.3 is 14.6 Å². The Morgan fingerprint density at radius 1 is 1.21 bits per heavy atom. The molecule has 1 aliphatic rings. The Bertz CT molecular complexity index is 1120. The zero-order valence-corrected chi connectivity index (χ0v) is 21.6. The summed E-state index contributed by atoms with van der Waals surface area (Å²) in [5, 5.41) is 9.73. The van der Waals surface area contributed by atoms with E-state index in [1.165, 1.54) is 23.9 Å². The fraction of sp³-hybridized carbons (Fsp3) is 0.292. The topological polar surface area (TPSA) is 88.4 Å². The summed E-state index contributed by atoms with van der Waals surface area (Å²) in [4.78, 5) is 30.9. The van der Waals surface area contributed by atoms with Crippen LogP contribution < -0.4 is 9.47 Å². The molecule has 0 atom stereocenters. The zero-order valence-electron chi connectivity index (χ0n) is 18.6. The number of hydrogen-bond donors (Lipinski definition) is 1. The second-order valence-corrected chi connectivity index (χ2v) is 9.19. The first-order valence-electron chi connectivity index (χ1n) is 10.6. The minimum atomic E-state index is -1.02. The molecule has 2 aromatic carbocycles. The van der Waals surface area contributed by atoms with Gasteiger partial charge >= 0.3 is 5.97 Å². The van der Waals surface area contributed by atoms with E-state index in [9.17, 15) is 14.7 Å². The maximum absolute atomic E-state index is 13.0. The van der Waals surface area contributed by atoms with Crippen LogP contribution in [0.25, 0.3) is 6.08 Å². The maximum Gasteiger partial charge on any atom is 0.335 e. The molecule has 2 aromatic rings. The highest BCUT2D eigenvalue weighted by molar-refractivity contribution is 14.1. The van der Waals surface area contributed by atoms with Gasteiger partial charge in [-0.05, 0) is 96.6 Å². The summed E-state index contributed by atoms with van der Waals surface area (Å²) in [7, 11) is 0. The Hall–Kier alpha value is -2.53. The van der Waals surface area contributed by atoms with Gasteiger partial charge in [-0.1, -0.05) is 13.0 Å². The number of ether oxygens (including phenoxy) is 2. The van der Waals surface area contributed by atoms with Crippen molar-refractivity contribution < 1.29 is 24.2 Å². The molecule has 1 aliphatic heterocycles. The van der Waals surface area contributed by atoms with Crippen molar-refractivity contribution in [3.63, 3.8) is 0 Å². The molecule has 1 heterocycles. The van der Waals surface area contributed by atoms with Crippen LogP contribution in [0.15, 0.2) is 46.3 Å². The minimum Gasteiger partial charge on any atom is -0.490 e. The molecule has 3 rings (SSSR count). The van der Waals surface area contributed by atoms with Crippen LogP contribution in [0.3, 0.4) is 0 Å². The highest BCUT2D eigenvalue weighted by atomic mass is 127. The molecule has 0 unspecified atom stereocenters. The van der Waals surface area contributed by atoms with Crippen LogP contribution in [-0.2, 0) is 4.79 Å². The van der Waals surface area contributed by atoms with E-state index in [4.69, 9.17) is 9.47 Å². The van der Waals surface area contributed by atoms with Gasteiger partial charge in [-0.2, -0.15) is 0 Å². The standard InChI is InChI=1S/C24H25IN2O5S/c1-4-10-32-21-18(25)11-15(12-19(21)31-6-3)13-20-22(28)27(5-2)24(33-20)26-17-9-7-8-16(14-17)23(29)30/h7-9,11-14H,4-6,10H2,1-3H3,(H,29,30)/b20-13+,26-24?. The Morgan fingerprint density at radius 2 is 2.00 bits per heavy atom. The number of carbonyl (C=O) groups excluding carboxylic acids is 1. The Balaban J connectivity index is 1.95. The van der Waals surface area contributed by atoms with Gasteiger partial charge in [0.1, 0.15) is 0 Å². The third-order valence-electron chi connectivity index (χ3n) is 4.60. The van der Waals surface area contributed by atoms with Crippen LogP contribution in [0.5, 0.6) is 11.5 Å². The van der Waals surface area contributed by atoms with Gasteiger partial charge in [0.15, 0.2) is 16.7 Å². The average Bonchev–Trinajstić information content (AvgIpc) is 3.07. The summed E-state index contributed by atoms with van der Waals surface area (Å²) in [6.45, 7) is 7.39. The molecule has 174 valence electrons. The van der Waals surface area contributed by atoms with Crippen molar-refractivity contribution in [1.82, 2.24) is 4.90 Å². The van der Waals surface area contributed by atoms with E-state index in [0.29, 0.717) is 47.0 Å². The summed E-state index contributed by atoms with van der Waals surface area (Å²) < 4.78 is 12.6. The molecule has 0 saturated carbocycles. The van der Waals surface area contributed by atoms with Crippen molar-refractivity contribution in [1.29, 1.82) is 0 Å². The van der Waals surface area contributed by atoms with Crippen molar-refractivity contribution in [2.75, 3.05) is 19.8 Å². The zero-order chi connectivity index (χ0) is 24.0. The van der Waals surface area contributed by atoms with Gasteiger partial charge in [0.05, 0.1) is 32.9 Å². The van der Waals surface area contributed by atoms with Gasteiger partial charge in [-0.3, -0.25) is 9.69 Å². The lowest BCUT2D eigenvalue weighted by molar-refractivity contribution is -0.122. The molecule has 1 N–H and O–H groups in total. The number of aromatic carboxylic acids is 1. The highest BCUT2D eigenvalue weighted by Crippen LogP contribution is 2.38. The van der Waals surface area contributed by atoms with Crippen LogP contribution in [0.1, 0.15) is 43.1 Å². The highest BCUT2D eigenvalue weighted by Gasteiger charge is 2.32. The van der Waals surface area contributed by atoms with Crippen molar-refractivity contribution in [3.8, 4) is 11.5 Å². The minimum absolute atomic E-state index is 0.144. The lowest BCUT2D eigenvalue weighted by atomic mass is 10.2. The summed E-state index contributed by atoms with van der Waals surface area (Å²) >= 11 is 3.48. The third kappa shape index (κ3) is 6.08. The fourth-order valence-electron chi connectivity index (χ4n) is 3.12. The molecule has 1 saturated heterocycles. The number of amides is 1. The van der Waals surface area contributed by atoms with E-state index in [2.05, 4.69) is 27.6 Å². The van der Waals surface area contributed by atoms with Crippen LogP contribution in [0.4, 0.5) is 5.69 Å². The number of halogens is 1. The average molecular weight is 580 g/mol. The smallest absolute Gasteiger partial charge is 0.335 e. The number of carboxylic acids is 1. The Kier molecular flexibility index (Phi) is 8.79. The molecule has 0 aliphatic carbocycles.